The highest BCUT2D eigenvalue weighted by molar-refractivity contribution is 5.88. The number of hydrogen-bond acceptors (Lipinski definition) is 2. The minimum Gasteiger partial charge on any atom is -0.505 e. The third kappa shape index (κ3) is 1.89. The molecule has 0 amide bonds. The third-order valence-corrected chi connectivity index (χ3v) is 3.16. The topological polar surface area (TPSA) is 40.5 Å². The zero-order valence-corrected chi connectivity index (χ0v) is 9.97. The van der Waals surface area contributed by atoms with Crippen LogP contribution in [0.4, 0.5) is 4.39 Å². The van der Waals surface area contributed by atoms with Crippen LogP contribution in [0, 0.1) is 5.82 Å². The molecule has 3 rings (SSSR count). The molecule has 3 heteroatoms. The maximum Gasteiger partial charge on any atom is 0.206 e. The average molecular weight is 254 g/mol. The van der Waals surface area contributed by atoms with E-state index in [9.17, 15) is 14.6 Å². The van der Waals surface area contributed by atoms with Crippen molar-refractivity contribution in [2.24, 2.45) is 0 Å². The number of benzene rings is 3. The summed E-state index contributed by atoms with van der Waals surface area (Å²) in [5.41, 5.74) is 1.07. The first-order valence-electron chi connectivity index (χ1n) is 5.86. The SMILES string of the molecule is Oc1ccc(-c2ccc3ccccc3c2)c(O)c1F. The van der Waals surface area contributed by atoms with Gasteiger partial charge in [0.1, 0.15) is 0 Å². The molecule has 0 saturated heterocycles. The molecule has 0 radical (unpaired) electrons. The molecule has 0 bridgehead atoms. The van der Waals surface area contributed by atoms with E-state index >= 15 is 0 Å². The lowest BCUT2D eigenvalue weighted by atomic mass is 10.0. The van der Waals surface area contributed by atoms with Gasteiger partial charge in [-0.15, -0.1) is 0 Å². The molecule has 0 aliphatic rings. The van der Waals surface area contributed by atoms with Crippen molar-refractivity contribution in [2.45, 2.75) is 0 Å². The molecular weight excluding hydrogens is 243 g/mol. The van der Waals surface area contributed by atoms with E-state index in [2.05, 4.69) is 0 Å². The molecule has 3 aromatic carbocycles. The molecule has 0 aliphatic heterocycles. The van der Waals surface area contributed by atoms with Gasteiger partial charge >= 0.3 is 0 Å². The summed E-state index contributed by atoms with van der Waals surface area (Å²) in [4.78, 5) is 0. The predicted octanol–water partition coefficient (Wildman–Crippen LogP) is 4.06. The molecule has 0 aliphatic carbocycles. The molecule has 19 heavy (non-hydrogen) atoms. The number of halogens is 1. The Kier molecular flexibility index (Phi) is 2.60. The number of phenols is 2. The summed E-state index contributed by atoms with van der Waals surface area (Å²) in [5.74, 6) is -2.08. The number of hydrogen-bond donors (Lipinski definition) is 2. The van der Waals surface area contributed by atoms with Crippen molar-refractivity contribution in [1.82, 2.24) is 0 Å². The average Bonchev–Trinajstić information content (AvgIpc) is 2.44. The maximum absolute atomic E-state index is 13.5. The molecule has 3 aromatic rings. The Bertz CT molecular complexity index is 766. The number of rotatable bonds is 1. The fourth-order valence-electron chi connectivity index (χ4n) is 2.14. The first-order valence-corrected chi connectivity index (χ1v) is 5.86. The lowest BCUT2D eigenvalue weighted by Gasteiger charge is -2.08. The van der Waals surface area contributed by atoms with Crippen LogP contribution in [0.5, 0.6) is 11.5 Å². The minimum absolute atomic E-state index is 0.362. The van der Waals surface area contributed by atoms with E-state index in [1.807, 2.05) is 42.5 Å². The number of phenolic OH excluding ortho intramolecular Hbond substituents is 2. The minimum atomic E-state index is -0.995. The van der Waals surface area contributed by atoms with Crippen LogP contribution in [0.1, 0.15) is 0 Å². The van der Waals surface area contributed by atoms with Crippen LogP contribution in [0.2, 0.25) is 0 Å². The Balaban J connectivity index is 2.22. The highest BCUT2D eigenvalue weighted by Gasteiger charge is 2.13. The van der Waals surface area contributed by atoms with E-state index in [1.54, 1.807) is 0 Å². The Labute approximate surface area is 109 Å². The molecular formula is C16H11FO2. The van der Waals surface area contributed by atoms with E-state index in [-0.39, 0.29) is 0 Å². The smallest absolute Gasteiger partial charge is 0.206 e. The zero-order valence-electron chi connectivity index (χ0n) is 9.97. The van der Waals surface area contributed by atoms with E-state index in [0.717, 1.165) is 10.8 Å². The molecule has 0 unspecified atom stereocenters. The van der Waals surface area contributed by atoms with Crippen LogP contribution < -0.4 is 0 Å². The molecule has 0 saturated carbocycles. The summed E-state index contributed by atoms with van der Waals surface area (Å²) in [6.45, 7) is 0. The summed E-state index contributed by atoms with van der Waals surface area (Å²) >= 11 is 0. The van der Waals surface area contributed by atoms with Gasteiger partial charge in [-0.2, -0.15) is 4.39 Å². The first-order chi connectivity index (χ1) is 9.16. The van der Waals surface area contributed by atoms with Crippen molar-refractivity contribution in [3.63, 3.8) is 0 Å². The van der Waals surface area contributed by atoms with Gasteiger partial charge in [-0.1, -0.05) is 36.4 Å². The zero-order chi connectivity index (χ0) is 13.4. The first kappa shape index (κ1) is 11.5. The molecule has 0 spiro atoms. The molecule has 2 N–H and O–H groups in total. The van der Waals surface area contributed by atoms with Crippen molar-refractivity contribution < 1.29 is 14.6 Å². The van der Waals surface area contributed by atoms with E-state index in [4.69, 9.17) is 0 Å². The maximum atomic E-state index is 13.5. The summed E-state index contributed by atoms with van der Waals surface area (Å²) in [5, 5.41) is 21.1. The van der Waals surface area contributed by atoms with Gasteiger partial charge in [0.15, 0.2) is 11.5 Å². The fourth-order valence-corrected chi connectivity index (χ4v) is 2.14. The molecule has 0 atom stereocenters. The van der Waals surface area contributed by atoms with Crippen LogP contribution in [0.15, 0.2) is 54.6 Å². The predicted molar refractivity (Wildman–Crippen MR) is 72.7 cm³/mol. The lowest BCUT2D eigenvalue weighted by molar-refractivity contribution is 0.390. The highest BCUT2D eigenvalue weighted by Crippen LogP contribution is 2.36. The van der Waals surface area contributed by atoms with Crippen molar-refractivity contribution in [2.75, 3.05) is 0 Å². The lowest BCUT2D eigenvalue weighted by Crippen LogP contribution is -1.84. The van der Waals surface area contributed by atoms with Gasteiger partial charge in [0, 0.05) is 5.56 Å². The van der Waals surface area contributed by atoms with Crippen molar-refractivity contribution in [1.29, 1.82) is 0 Å². The largest absolute Gasteiger partial charge is 0.505 e. The van der Waals surface area contributed by atoms with Gasteiger partial charge in [0.2, 0.25) is 5.82 Å². The van der Waals surface area contributed by atoms with Gasteiger partial charge in [-0.05, 0) is 34.5 Å². The molecule has 0 heterocycles. The van der Waals surface area contributed by atoms with Crippen LogP contribution in [-0.2, 0) is 0 Å². The summed E-state index contributed by atoms with van der Waals surface area (Å²) in [6.07, 6.45) is 0. The van der Waals surface area contributed by atoms with Gasteiger partial charge in [-0.3, -0.25) is 0 Å². The van der Waals surface area contributed by atoms with Gasteiger partial charge in [-0.25, -0.2) is 0 Å². The molecule has 94 valence electrons. The monoisotopic (exact) mass is 254 g/mol. The van der Waals surface area contributed by atoms with Crippen LogP contribution in [-0.4, -0.2) is 10.2 Å². The Morgan fingerprint density at radius 1 is 0.789 bits per heavy atom. The number of aromatic hydroxyl groups is 2. The Morgan fingerprint density at radius 3 is 2.32 bits per heavy atom. The quantitative estimate of drug-likeness (QED) is 0.687. The Hall–Kier alpha value is -2.55. The van der Waals surface area contributed by atoms with Crippen LogP contribution in [0.25, 0.3) is 21.9 Å². The molecule has 2 nitrogen and oxygen atoms in total. The second-order valence-electron chi connectivity index (χ2n) is 4.36. The van der Waals surface area contributed by atoms with Crippen LogP contribution >= 0.6 is 0 Å². The van der Waals surface area contributed by atoms with Gasteiger partial charge in [0.25, 0.3) is 0 Å². The fraction of sp³-hybridized carbons (Fsp3) is 0. The second kappa shape index (κ2) is 4.28. The standard InChI is InChI=1S/C16H11FO2/c17-15-14(18)8-7-13(16(15)19)12-6-5-10-3-1-2-4-11(10)9-12/h1-9,18-19H. The van der Waals surface area contributed by atoms with Crippen LogP contribution in [0.3, 0.4) is 0 Å². The van der Waals surface area contributed by atoms with Crippen molar-refractivity contribution in [3.8, 4) is 22.6 Å². The summed E-state index contributed by atoms with van der Waals surface area (Å²) < 4.78 is 13.5. The van der Waals surface area contributed by atoms with E-state index in [0.29, 0.717) is 11.1 Å². The third-order valence-electron chi connectivity index (χ3n) is 3.16. The normalized spacial score (nSPS) is 10.8. The molecule has 0 aromatic heterocycles. The van der Waals surface area contributed by atoms with Crippen molar-refractivity contribution >= 4 is 10.8 Å². The van der Waals surface area contributed by atoms with Gasteiger partial charge in [0.05, 0.1) is 0 Å². The number of fused-ring (bicyclic) bond motifs is 1. The van der Waals surface area contributed by atoms with Gasteiger partial charge < -0.3 is 10.2 Å². The second-order valence-corrected chi connectivity index (χ2v) is 4.36. The van der Waals surface area contributed by atoms with Crippen molar-refractivity contribution in [3.05, 3.63) is 60.4 Å². The summed E-state index contributed by atoms with van der Waals surface area (Å²) in [6, 6.07) is 16.1. The highest BCUT2D eigenvalue weighted by atomic mass is 19.1. The van der Waals surface area contributed by atoms with E-state index in [1.165, 1.54) is 12.1 Å². The Morgan fingerprint density at radius 2 is 1.53 bits per heavy atom. The summed E-state index contributed by atoms with van der Waals surface area (Å²) in [7, 11) is 0. The molecule has 0 fully saturated rings. The van der Waals surface area contributed by atoms with E-state index < -0.39 is 17.3 Å².